The topological polar surface area (TPSA) is 77.1 Å². The van der Waals surface area contributed by atoms with Gasteiger partial charge in [-0.1, -0.05) is 30.3 Å². The number of methoxy groups -OCH3 is 2. The number of benzene rings is 2. The molecule has 1 aliphatic heterocycles. The van der Waals surface area contributed by atoms with Gasteiger partial charge in [-0.05, 0) is 23.8 Å². The maximum atomic E-state index is 12.6. The van der Waals surface area contributed by atoms with Crippen molar-refractivity contribution >= 4 is 12.0 Å². The third kappa shape index (κ3) is 4.31. The van der Waals surface area contributed by atoms with Gasteiger partial charge in [-0.3, -0.25) is 9.69 Å². The molecule has 0 aliphatic carbocycles. The second kappa shape index (κ2) is 8.44. The lowest BCUT2D eigenvalue weighted by atomic mass is 10.1. The molecule has 0 spiro atoms. The third-order valence-corrected chi connectivity index (χ3v) is 4.41. The van der Waals surface area contributed by atoms with Crippen molar-refractivity contribution in [2.45, 2.75) is 19.1 Å². The normalized spacial score (nSPS) is 16.0. The molecule has 2 aromatic carbocycles. The quantitative estimate of drug-likeness (QED) is 0.810. The molecule has 0 saturated carbocycles. The Kier molecular flexibility index (Phi) is 5.80. The third-order valence-electron chi connectivity index (χ3n) is 4.41. The molecule has 7 nitrogen and oxygen atoms in total. The molecule has 1 heterocycles. The SMILES string of the molecule is COc1cccc(CNC(=O)[C@@H]2COC(=O)N2Cc2ccccc2OC)c1. The van der Waals surface area contributed by atoms with Crippen LogP contribution in [0.25, 0.3) is 0 Å². The maximum Gasteiger partial charge on any atom is 0.410 e. The van der Waals surface area contributed by atoms with E-state index in [-0.39, 0.29) is 19.1 Å². The average Bonchev–Trinajstić information content (AvgIpc) is 3.07. The van der Waals surface area contributed by atoms with Gasteiger partial charge in [0, 0.05) is 12.1 Å². The number of carbonyl (C=O) groups excluding carboxylic acids is 2. The van der Waals surface area contributed by atoms with Gasteiger partial charge in [0.15, 0.2) is 0 Å². The fourth-order valence-corrected chi connectivity index (χ4v) is 2.95. The standard InChI is InChI=1S/C20H22N2O5/c1-25-16-8-5-6-14(10-16)11-21-19(23)17-13-27-20(24)22(17)12-15-7-3-4-9-18(15)26-2/h3-10,17H,11-13H2,1-2H3,(H,21,23)/t17-/m0/s1. The highest BCUT2D eigenvalue weighted by Crippen LogP contribution is 2.23. The van der Waals surface area contributed by atoms with Crippen LogP contribution in [0.5, 0.6) is 11.5 Å². The van der Waals surface area contributed by atoms with Gasteiger partial charge in [-0.25, -0.2) is 4.79 Å². The van der Waals surface area contributed by atoms with E-state index in [4.69, 9.17) is 14.2 Å². The molecule has 142 valence electrons. The first kappa shape index (κ1) is 18.6. The number of hydrogen-bond acceptors (Lipinski definition) is 5. The molecule has 2 amide bonds. The second-order valence-corrected chi connectivity index (χ2v) is 6.10. The van der Waals surface area contributed by atoms with Gasteiger partial charge >= 0.3 is 6.09 Å². The molecule has 27 heavy (non-hydrogen) atoms. The zero-order chi connectivity index (χ0) is 19.2. The number of rotatable bonds is 7. The van der Waals surface area contributed by atoms with Gasteiger partial charge in [0.25, 0.3) is 0 Å². The first-order valence-electron chi connectivity index (χ1n) is 8.58. The van der Waals surface area contributed by atoms with Crippen molar-refractivity contribution in [3.63, 3.8) is 0 Å². The van der Waals surface area contributed by atoms with Crippen molar-refractivity contribution in [3.8, 4) is 11.5 Å². The van der Waals surface area contributed by atoms with Crippen LogP contribution in [0.1, 0.15) is 11.1 Å². The van der Waals surface area contributed by atoms with Crippen LogP contribution >= 0.6 is 0 Å². The minimum absolute atomic E-state index is 0.0257. The molecule has 0 bridgehead atoms. The minimum Gasteiger partial charge on any atom is -0.497 e. The first-order valence-corrected chi connectivity index (χ1v) is 8.58. The largest absolute Gasteiger partial charge is 0.497 e. The molecule has 1 fully saturated rings. The summed E-state index contributed by atoms with van der Waals surface area (Å²) in [4.78, 5) is 26.2. The number of ether oxygens (including phenoxy) is 3. The number of hydrogen-bond donors (Lipinski definition) is 1. The molecule has 1 atom stereocenters. The van der Waals surface area contributed by atoms with E-state index < -0.39 is 12.1 Å². The van der Waals surface area contributed by atoms with E-state index in [0.29, 0.717) is 12.3 Å². The number of nitrogens with zero attached hydrogens (tertiary/aromatic N) is 1. The predicted octanol–water partition coefficient (Wildman–Crippen LogP) is 2.34. The summed E-state index contributed by atoms with van der Waals surface area (Å²) in [5, 5.41) is 2.86. The van der Waals surface area contributed by atoms with Gasteiger partial charge in [0.2, 0.25) is 5.91 Å². The lowest BCUT2D eigenvalue weighted by Crippen LogP contribution is -2.45. The van der Waals surface area contributed by atoms with E-state index >= 15 is 0 Å². The smallest absolute Gasteiger partial charge is 0.410 e. The van der Waals surface area contributed by atoms with Crippen LogP contribution in [-0.2, 0) is 22.6 Å². The van der Waals surface area contributed by atoms with Crippen LogP contribution in [0.3, 0.4) is 0 Å². The van der Waals surface area contributed by atoms with Gasteiger partial charge < -0.3 is 19.5 Å². The van der Waals surface area contributed by atoms with Crippen molar-refractivity contribution in [3.05, 3.63) is 59.7 Å². The van der Waals surface area contributed by atoms with E-state index in [0.717, 1.165) is 16.9 Å². The Hall–Kier alpha value is -3.22. The summed E-state index contributed by atoms with van der Waals surface area (Å²) in [6, 6.07) is 14.1. The summed E-state index contributed by atoms with van der Waals surface area (Å²) in [6.45, 7) is 0.598. The molecular weight excluding hydrogens is 348 g/mol. The van der Waals surface area contributed by atoms with Crippen LogP contribution in [0.2, 0.25) is 0 Å². The highest BCUT2D eigenvalue weighted by atomic mass is 16.6. The number of para-hydroxylation sites is 1. The van der Waals surface area contributed by atoms with E-state index in [1.807, 2.05) is 48.5 Å². The number of amides is 2. The van der Waals surface area contributed by atoms with E-state index in [9.17, 15) is 9.59 Å². The van der Waals surface area contributed by atoms with Crippen LogP contribution in [0.4, 0.5) is 4.79 Å². The Morgan fingerprint density at radius 2 is 2.00 bits per heavy atom. The highest BCUT2D eigenvalue weighted by molar-refractivity contribution is 5.87. The van der Waals surface area contributed by atoms with Crippen LogP contribution in [-0.4, -0.2) is 43.8 Å². The number of nitrogens with one attached hydrogen (secondary N) is 1. The van der Waals surface area contributed by atoms with Crippen molar-refractivity contribution in [1.29, 1.82) is 0 Å². The van der Waals surface area contributed by atoms with E-state index in [1.165, 1.54) is 4.90 Å². The Balaban J connectivity index is 1.66. The minimum atomic E-state index is -0.687. The summed E-state index contributed by atoms with van der Waals surface area (Å²) < 4.78 is 15.6. The first-order chi connectivity index (χ1) is 13.1. The monoisotopic (exact) mass is 370 g/mol. The van der Waals surface area contributed by atoms with Crippen LogP contribution in [0.15, 0.2) is 48.5 Å². The van der Waals surface area contributed by atoms with Crippen molar-refractivity contribution < 1.29 is 23.8 Å². The zero-order valence-corrected chi connectivity index (χ0v) is 15.3. The molecule has 0 radical (unpaired) electrons. The molecule has 1 saturated heterocycles. The summed E-state index contributed by atoms with van der Waals surface area (Å²) >= 11 is 0. The summed E-state index contributed by atoms with van der Waals surface area (Å²) in [7, 11) is 3.16. The molecule has 7 heteroatoms. The zero-order valence-electron chi connectivity index (χ0n) is 15.3. The number of carbonyl (C=O) groups is 2. The van der Waals surface area contributed by atoms with Gasteiger partial charge in [0.05, 0.1) is 20.8 Å². The average molecular weight is 370 g/mol. The Labute approximate surface area is 157 Å². The van der Waals surface area contributed by atoms with E-state index in [2.05, 4.69) is 5.32 Å². The molecular formula is C20H22N2O5. The van der Waals surface area contributed by atoms with Crippen LogP contribution in [0, 0.1) is 0 Å². The summed E-state index contributed by atoms with van der Waals surface area (Å²) in [5.41, 5.74) is 1.72. The Morgan fingerprint density at radius 3 is 2.78 bits per heavy atom. The lowest BCUT2D eigenvalue weighted by Gasteiger charge is -2.22. The lowest BCUT2D eigenvalue weighted by molar-refractivity contribution is -0.125. The van der Waals surface area contributed by atoms with Crippen LogP contribution < -0.4 is 14.8 Å². The van der Waals surface area contributed by atoms with Gasteiger partial charge in [0.1, 0.15) is 24.1 Å². The molecule has 1 N–H and O–H groups in total. The van der Waals surface area contributed by atoms with Crippen molar-refractivity contribution in [2.75, 3.05) is 20.8 Å². The fourth-order valence-electron chi connectivity index (χ4n) is 2.95. The highest BCUT2D eigenvalue weighted by Gasteiger charge is 2.38. The molecule has 3 rings (SSSR count). The van der Waals surface area contributed by atoms with Crippen molar-refractivity contribution in [1.82, 2.24) is 10.2 Å². The fraction of sp³-hybridized carbons (Fsp3) is 0.300. The Morgan fingerprint density at radius 1 is 1.19 bits per heavy atom. The molecule has 0 unspecified atom stereocenters. The number of cyclic esters (lactones) is 1. The van der Waals surface area contributed by atoms with E-state index in [1.54, 1.807) is 14.2 Å². The Bertz CT molecular complexity index is 824. The predicted molar refractivity (Wildman–Crippen MR) is 98.5 cm³/mol. The maximum absolute atomic E-state index is 12.6. The second-order valence-electron chi connectivity index (χ2n) is 6.10. The van der Waals surface area contributed by atoms with Gasteiger partial charge in [-0.2, -0.15) is 0 Å². The molecule has 1 aliphatic rings. The molecule has 2 aromatic rings. The summed E-state index contributed by atoms with van der Waals surface area (Å²) in [6.07, 6.45) is -0.512. The van der Waals surface area contributed by atoms with Crippen molar-refractivity contribution in [2.24, 2.45) is 0 Å². The molecule has 0 aromatic heterocycles. The van der Waals surface area contributed by atoms with Gasteiger partial charge in [-0.15, -0.1) is 0 Å². The summed E-state index contributed by atoms with van der Waals surface area (Å²) in [5.74, 6) is 1.12.